The predicted octanol–water partition coefficient (Wildman–Crippen LogP) is 3.22. The van der Waals surface area contributed by atoms with Crippen molar-refractivity contribution in [3.05, 3.63) is 36.4 Å². The minimum atomic E-state index is -0.644. The standard InChI is InChI=1S/C19H20FN5O2/c1-11(2)17(26)22-13-5-3-12(4-6-13)14-7-8-15-16(23-14)18(27-10-9-20)25-19(21)24-15/h3-8,11H,9-10H2,1-2H3,(H,22,26)(H2,21,24,25). The Kier molecular flexibility index (Phi) is 5.44. The van der Waals surface area contributed by atoms with Gasteiger partial charge in [-0.25, -0.2) is 14.4 Å². The SMILES string of the molecule is CC(C)C(=O)Nc1ccc(-c2ccc3nc(N)nc(OCCF)c3n2)cc1. The molecule has 3 aromatic rings. The van der Waals surface area contributed by atoms with Crippen LogP contribution in [0.25, 0.3) is 22.3 Å². The van der Waals surface area contributed by atoms with Crippen LogP contribution in [-0.2, 0) is 4.79 Å². The molecule has 27 heavy (non-hydrogen) atoms. The molecule has 2 aromatic heterocycles. The first-order valence-corrected chi connectivity index (χ1v) is 8.52. The number of benzene rings is 1. The van der Waals surface area contributed by atoms with Crippen molar-refractivity contribution in [2.45, 2.75) is 13.8 Å². The van der Waals surface area contributed by atoms with Crippen LogP contribution in [0, 0.1) is 5.92 Å². The van der Waals surface area contributed by atoms with Crippen molar-refractivity contribution >= 4 is 28.6 Å². The second-order valence-corrected chi connectivity index (χ2v) is 6.21. The van der Waals surface area contributed by atoms with Gasteiger partial charge in [0.05, 0.1) is 11.2 Å². The summed E-state index contributed by atoms with van der Waals surface area (Å²) in [6.45, 7) is 2.89. The number of anilines is 2. The number of fused-ring (bicyclic) bond motifs is 1. The second-order valence-electron chi connectivity index (χ2n) is 6.21. The number of rotatable bonds is 6. The average Bonchev–Trinajstić information content (AvgIpc) is 2.66. The van der Waals surface area contributed by atoms with E-state index in [4.69, 9.17) is 10.5 Å². The van der Waals surface area contributed by atoms with Crippen molar-refractivity contribution in [2.24, 2.45) is 5.92 Å². The number of amides is 1. The fraction of sp³-hybridized carbons (Fsp3) is 0.263. The topological polar surface area (TPSA) is 103 Å². The van der Waals surface area contributed by atoms with Gasteiger partial charge in [0, 0.05) is 17.2 Å². The Morgan fingerprint density at radius 2 is 1.89 bits per heavy atom. The molecule has 0 spiro atoms. The van der Waals surface area contributed by atoms with Gasteiger partial charge < -0.3 is 15.8 Å². The highest BCUT2D eigenvalue weighted by Gasteiger charge is 2.12. The molecule has 140 valence electrons. The van der Waals surface area contributed by atoms with Gasteiger partial charge in [0.25, 0.3) is 0 Å². The summed E-state index contributed by atoms with van der Waals surface area (Å²) in [7, 11) is 0. The first-order chi connectivity index (χ1) is 13.0. The van der Waals surface area contributed by atoms with Gasteiger partial charge in [0.1, 0.15) is 13.3 Å². The number of pyridine rings is 1. The molecule has 7 nitrogen and oxygen atoms in total. The van der Waals surface area contributed by atoms with Crippen LogP contribution >= 0.6 is 0 Å². The number of carbonyl (C=O) groups is 1. The number of nitrogen functional groups attached to an aromatic ring is 1. The van der Waals surface area contributed by atoms with E-state index in [2.05, 4.69) is 20.3 Å². The number of nitrogens with zero attached hydrogens (tertiary/aromatic N) is 3. The molecule has 0 fully saturated rings. The first-order valence-electron chi connectivity index (χ1n) is 8.52. The zero-order valence-corrected chi connectivity index (χ0v) is 15.1. The number of nitrogens with one attached hydrogen (secondary N) is 1. The molecule has 0 aliphatic carbocycles. The van der Waals surface area contributed by atoms with E-state index < -0.39 is 6.67 Å². The normalized spacial score (nSPS) is 11.0. The molecular formula is C19H20FN5O2. The lowest BCUT2D eigenvalue weighted by atomic mass is 10.1. The summed E-state index contributed by atoms with van der Waals surface area (Å²) in [6.07, 6.45) is 0. The van der Waals surface area contributed by atoms with Crippen LogP contribution in [0.15, 0.2) is 36.4 Å². The molecule has 0 aliphatic heterocycles. The third-order valence-corrected chi connectivity index (χ3v) is 3.82. The number of alkyl halides is 1. The highest BCUT2D eigenvalue weighted by Crippen LogP contribution is 2.26. The maximum Gasteiger partial charge on any atom is 0.245 e. The fourth-order valence-corrected chi connectivity index (χ4v) is 2.41. The summed E-state index contributed by atoms with van der Waals surface area (Å²) in [5.41, 5.74) is 8.81. The lowest BCUT2D eigenvalue weighted by Gasteiger charge is -2.10. The summed E-state index contributed by atoms with van der Waals surface area (Å²) >= 11 is 0. The van der Waals surface area contributed by atoms with E-state index >= 15 is 0 Å². The molecule has 8 heteroatoms. The van der Waals surface area contributed by atoms with Crippen molar-refractivity contribution in [1.29, 1.82) is 0 Å². The summed E-state index contributed by atoms with van der Waals surface area (Å²) in [5, 5.41) is 2.84. The molecule has 0 atom stereocenters. The Labute approximate surface area is 155 Å². The number of halogens is 1. The van der Waals surface area contributed by atoms with E-state index in [1.165, 1.54) is 0 Å². The monoisotopic (exact) mass is 369 g/mol. The third-order valence-electron chi connectivity index (χ3n) is 3.82. The van der Waals surface area contributed by atoms with Gasteiger partial charge in [0.15, 0.2) is 5.52 Å². The van der Waals surface area contributed by atoms with Crippen LogP contribution in [-0.4, -0.2) is 34.1 Å². The lowest BCUT2D eigenvalue weighted by molar-refractivity contribution is -0.118. The van der Waals surface area contributed by atoms with Gasteiger partial charge in [-0.1, -0.05) is 26.0 Å². The van der Waals surface area contributed by atoms with Crippen molar-refractivity contribution in [3.63, 3.8) is 0 Å². The van der Waals surface area contributed by atoms with Gasteiger partial charge in [-0.05, 0) is 24.3 Å². The molecule has 0 saturated heterocycles. The number of hydrogen-bond donors (Lipinski definition) is 2. The van der Waals surface area contributed by atoms with Gasteiger partial charge in [0.2, 0.25) is 17.7 Å². The maximum absolute atomic E-state index is 12.5. The summed E-state index contributed by atoms with van der Waals surface area (Å²) in [5.74, 6) is 0.0481. The predicted molar refractivity (Wildman–Crippen MR) is 102 cm³/mol. The number of nitrogens with two attached hydrogens (primary N) is 1. The average molecular weight is 369 g/mol. The molecule has 2 heterocycles. The fourth-order valence-electron chi connectivity index (χ4n) is 2.41. The third kappa shape index (κ3) is 4.28. The molecule has 0 bridgehead atoms. The first kappa shape index (κ1) is 18.5. The molecule has 0 radical (unpaired) electrons. The van der Waals surface area contributed by atoms with E-state index in [1.807, 2.05) is 38.1 Å². The molecule has 3 N–H and O–H groups in total. The van der Waals surface area contributed by atoms with Crippen molar-refractivity contribution in [3.8, 4) is 17.1 Å². The van der Waals surface area contributed by atoms with Crippen LogP contribution in [0.5, 0.6) is 5.88 Å². The molecular weight excluding hydrogens is 349 g/mol. The lowest BCUT2D eigenvalue weighted by Crippen LogP contribution is -2.17. The highest BCUT2D eigenvalue weighted by molar-refractivity contribution is 5.92. The Balaban J connectivity index is 1.92. The number of carbonyl (C=O) groups excluding carboxylic acids is 1. The van der Waals surface area contributed by atoms with Crippen LogP contribution in [0.1, 0.15) is 13.8 Å². The molecule has 0 unspecified atom stereocenters. The van der Waals surface area contributed by atoms with E-state index in [1.54, 1.807) is 12.1 Å². The van der Waals surface area contributed by atoms with Crippen LogP contribution < -0.4 is 15.8 Å². The van der Waals surface area contributed by atoms with Crippen molar-refractivity contribution < 1.29 is 13.9 Å². The summed E-state index contributed by atoms with van der Waals surface area (Å²) in [6, 6.07) is 10.9. The Morgan fingerprint density at radius 3 is 2.56 bits per heavy atom. The smallest absolute Gasteiger partial charge is 0.245 e. The Morgan fingerprint density at radius 1 is 1.15 bits per heavy atom. The van der Waals surface area contributed by atoms with E-state index in [0.717, 1.165) is 5.56 Å². The largest absolute Gasteiger partial charge is 0.473 e. The Hall–Kier alpha value is -3.29. The quantitative estimate of drug-likeness (QED) is 0.691. The molecule has 1 amide bonds. The van der Waals surface area contributed by atoms with Crippen molar-refractivity contribution in [1.82, 2.24) is 15.0 Å². The maximum atomic E-state index is 12.5. The van der Waals surface area contributed by atoms with E-state index in [-0.39, 0.29) is 30.3 Å². The van der Waals surface area contributed by atoms with Crippen LogP contribution in [0.4, 0.5) is 16.0 Å². The zero-order valence-electron chi connectivity index (χ0n) is 15.1. The summed E-state index contributed by atoms with van der Waals surface area (Å²) < 4.78 is 17.8. The minimum Gasteiger partial charge on any atom is -0.473 e. The number of aromatic nitrogens is 3. The van der Waals surface area contributed by atoms with Gasteiger partial charge in [-0.3, -0.25) is 4.79 Å². The molecule has 3 rings (SSSR count). The Bertz CT molecular complexity index is 960. The van der Waals surface area contributed by atoms with Crippen LogP contribution in [0.3, 0.4) is 0 Å². The van der Waals surface area contributed by atoms with Crippen LogP contribution in [0.2, 0.25) is 0 Å². The number of hydrogen-bond acceptors (Lipinski definition) is 6. The van der Waals surface area contributed by atoms with E-state index in [9.17, 15) is 9.18 Å². The zero-order chi connectivity index (χ0) is 19.4. The molecule has 1 aromatic carbocycles. The van der Waals surface area contributed by atoms with Crippen molar-refractivity contribution in [2.75, 3.05) is 24.3 Å². The van der Waals surface area contributed by atoms with Gasteiger partial charge >= 0.3 is 0 Å². The molecule has 0 saturated carbocycles. The second kappa shape index (κ2) is 7.94. The van der Waals surface area contributed by atoms with Gasteiger partial charge in [-0.2, -0.15) is 4.98 Å². The highest BCUT2D eigenvalue weighted by atomic mass is 19.1. The minimum absolute atomic E-state index is 0.0381. The summed E-state index contributed by atoms with van der Waals surface area (Å²) in [4.78, 5) is 24.4. The van der Waals surface area contributed by atoms with Gasteiger partial charge in [-0.15, -0.1) is 0 Å². The molecule has 0 aliphatic rings. The number of ether oxygens (including phenoxy) is 1. The van der Waals surface area contributed by atoms with E-state index in [0.29, 0.717) is 22.4 Å².